The van der Waals surface area contributed by atoms with Crippen molar-refractivity contribution < 1.29 is 14.3 Å². The van der Waals surface area contributed by atoms with Gasteiger partial charge in [0.15, 0.2) is 0 Å². The summed E-state index contributed by atoms with van der Waals surface area (Å²) in [4.78, 5) is 27.3. The lowest BCUT2D eigenvalue weighted by Gasteiger charge is -2.11. The number of para-hydroxylation sites is 2. The zero-order valence-electron chi connectivity index (χ0n) is 16.0. The molecule has 1 aromatic heterocycles. The maximum Gasteiger partial charge on any atom is 0.340 e. The first-order valence-electron chi connectivity index (χ1n) is 9.50. The number of rotatable bonds is 9. The molecule has 1 amide bonds. The maximum atomic E-state index is 12.1. The fourth-order valence-electron chi connectivity index (χ4n) is 3.10. The highest BCUT2D eigenvalue weighted by Crippen LogP contribution is 2.18. The summed E-state index contributed by atoms with van der Waals surface area (Å²) in [6.07, 6.45) is 3.09. The van der Waals surface area contributed by atoms with E-state index in [2.05, 4.69) is 21.7 Å². The number of hydrogen-bond donors (Lipinski definition) is 3. The van der Waals surface area contributed by atoms with Crippen LogP contribution in [-0.2, 0) is 16.0 Å². The minimum Gasteiger partial charge on any atom is -0.462 e. The molecule has 3 rings (SSSR count). The molecule has 6 heteroatoms. The van der Waals surface area contributed by atoms with E-state index in [1.54, 1.807) is 25.1 Å². The third kappa shape index (κ3) is 4.91. The summed E-state index contributed by atoms with van der Waals surface area (Å²) in [5, 5.41) is 7.28. The van der Waals surface area contributed by atoms with Gasteiger partial charge in [-0.25, -0.2) is 4.79 Å². The van der Waals surface area contributed by atoms with Crippen molar-refractivity contribution in [3.05, 3.63) is 65.9 Å². The number of anilines is 1. The lowest BCUT2D eigenvalue weighted by atomic mass is 10.1. The predicted octanol–water partition coefficient (Wildman–Crippen LogP) is 3.51. The fourth-order valence-corrected chi connectivity index (χ4v) is 3.10. The number of ether oxygens (including phenoxy) is 1. The average Bonchev–Trinajstić information content (AvgIpc) is 3.12. The molecule has 3 N–H and O–H groups in total. The number of esters is 1. The number of nitrogens with one attached hydrogen (secondary N) is 3. The van der Waals surface area contributed by atoms with E-state index in [4.69, 9.17) is 4.74 Å². The second kappa shape index (κ2) is 9.60. The molecule has 0 aliphatic rings. The van der Waals surface area contributed by atoms with E-state index in [0.717, 1.165) is 11.9 Å². The van der Waals surface area contributed by atoms with Crippen molar-refractivity contribution in [2.24, 2.45) is 0 Å². The zero-order valence-corrected chi connectivity index (χ0v) is 16.0. The van der Waals surface area contributed by atoms with E-state index in [0.29, 0.717) is 37.4 Å². The Hall–Kier alpha value is -3.28. The smallest absolute Gasteiger partial charge is 0.340 e. The number of fused-ring (bicyclic) bond motifs is 1. The topological polar surface area (TPSA) is 83.2 Å². The molecule has 6 nitrogen and oxygen atoms in total. The molecule has 28 heavy (non-hydrogen) atoms. The van der Waals surface area contributed by atoms with Crippen molar-refractivity contribution in [1.82, 2.24) is 10.3 Å². The number of aromatic amines is 1. The average molecular weight is 379 g/mol. The van der Waals surface area contributed by atoms with Crippen molar-refractivity contribution in [3.8, 4) is 0 Å². The van der Waals surface area contributed by atoms with E-state index in [-0.39, 0.29) is 11.9 Å². The molecule has 0 radical (unpaired) electrons. The summed E-state index contributed by atoms with van der Waals surface area (Å²) in [5.41, 5.74) is 3.45. The minimum absolute atomic E-state index is 0.0269. The number of amides is 1. The Morgan fingerprint density at radius 2 is 1.82 bits per heavy atom. The molecule has 1 heterocycles. The van der Waals surface area contributed by atoms with Gasteiger partial charge in [-0.05, 0) is 37.1 Å². The van der Waals surface area contributed by atoms with Crippen LogP contribution in [0.1, 0.15) is 29.3 Å². The van der Waals surface area contributed by atoms with Crippen LogP contribution < -0.4 is 10.6 Å². The van der Waals surface area contributed by atoms with Crippen LogP contribution in [0.15, 0.2) is 54.7 Å². The number of hydrogen-bond acceptors (Lipinski definition) is 4. The minimum atomic E-state index is -0.367. The standard InChI is InChI=1S/C22H25N3O3/c1-2-28-22(27)18-8-4-6-10-20(18)23-14-12-21(26)24-13-11-16-15-25-19-9-5-3-7-17(16)19/h3-10,15,23,25H,2,11-14H2,1H3,(H,24,26). The molecular formula is C22H25N3O3. The Bertz CT molecular complexity index is 949. The normalized spacial score (nSPS) is 10.6. The Morgan fingerprint density at radius 1 is 1.04 bits per heavy atom. The van der Waals surface area contributed by atoms with Gasteiger partial charge >= 0.3 is 5.97 Å². The van der Waals surface area contributed by atoms with Crippen molar-refractivity contribution in [3.63, 3.8) is 0 Å². The number of carbonyl (C=O) groups excluding carboxylic acids is 2. The van der Waals surface area contributed by atoms with E-state index in [1.165, 1.54) is 10.9 Å². The summed E-state index contributed by atoms with van der Waals surface area (Å²) in [6, 6.07) is 15.3. The Morgan fingerprint density at radius 3 is 2.68 bits per heavy atom. The van der Waals surface area contributed by atoms with Gasteiger partial charge in [0.05, 0.1) is 12.2 Å². The maximum absolute atomic E-state index is 12.1. The van der Waals surface area contributed by atoms with Gasteiger partial charge in [0.25, 0.3) is 0 Å². The van der Waals surface area contributed by atoms with Gasteiger partial charge in [0, 0.05) is 42.3 Å². The number of H-pyrrole nitrogens is 1. The lowest BCUT2D eigenvalue weighted by Crippen LogP contribution is -2.27. The van der Waals surface area contributed by atoms with E-state index in [1.807, 2.05) is 30.5 Å². The van der Waals surface area contributed by atoms with E-state index < -0.39 is 0 Å². The second-order valence-electron chi connectivity index (χ2n) is 6.40. The van der Waals surface area contributed by atoms with Crippen LogP contribution in [0, 0.1) is 0 Å². The van der Waals surface area contributed by atoms with Gasteiger partial charge in [0.2, 0.25) is 5.91 Å². The molecule has 0 bridgehead atoms. The van der Waals surface area contributed by atoms with Gasteiger partial charge in [-0.3, -0.25) is 4.79 Å². The highest BCUT2D eigenvalue weighted by molar-refractivity contribution is 5.95. The Labute approximate surface area is 164 Å². The van der Waals surface area contributed by atoms with Crippen LogP contribution in [0.2, 0.25) is 0 Å². The van der Waals surface area contributed by atoms with Crippen LogP contribution in [0.25, 0.3) is 10.9 Å². The summed E-state index contributed by atoms with van der Waals surface area (Å²) in [7, 11) is 0. The molecule has 0 saturated heterocycles. The monoisotopic (exact) mass is 379 g/mol. The summed E-state index contributed by atoms with van der Waals surface area (Å²) in [6.45, 7) is 3.12. The third-order valence-electron chi connectivity index (χ3n) is 4.48. The van der Waals surface area contributed by atoms with Gasteiger partial charge < -0.3 is 20.4 Å². The fraction of sp³-hybridized carbons (Fsp3) is 0.273. The van der Waals surface area contributed by atoms with E-state index in [9.17, 15) is 9.59 Å². The first-order valence-corrected chi connectivity index (χ1v) is 9.50. The summed E-state index contributed by atoms with van der Waals surface area (Å²) in [5.74, 6) is -0.394. The van der Waals surface area contributed by atoms with Crippen molar-refractivity contribution >= 4 is 28.5 Å². The van der Waals surface area contributed by atoms with Gasteiger partial charge in [-0.2, -0.15) is 0 Å². The van der Waals surface area contributed by atoms with Gasteiger partial charge in [-0.15, -0.1) is 0 Å². The molecule has 0 aliphatic carbocycles. The highest BCUT2D eigenvalue weighted by atomic mass is 16.5. The second-order valence-corrected chi connectivity index (χ2v) is 6.40. The first kappa shape index (κ1) is 19.5. The predicted molar refractivity (Wildman–Crippen MR) is 111 cm³/mol. The SMILES string of the molecule is CCOC(=O)c1ccccc1NCCC(=O)NCCc1c[nH]c2ccccc12. The van der Waals surface area contributed by atoms with Crippen LogP contribution in [0.4, 0.5) is 5.69 Å². The Balaban J connectivity index is 1.43. The molecule has 146 valence electrons. The summed E-state index contributed by atoms with van der Waals surface area (Å²) < 4.78 is 5.05. The van der Waals surface area contributed by atoms with Crippen molar-refractivity contribution in [1.29, 1.82) is 0 Å². The first-order chi connectivity index (χ1) is 13.7. The molecule has 2 aromatic carbocycles. The molecule has 3 aromatic rings. The highest BCUT2D eigenvalue weighted by Gasteiger charge is 2.12. The molecule has 0 aliphatic heterocycles. The lowest BCUT2D eigenvalue weighted by molar-refractivity contribution is -0.120. The number of carbonyl (C=O) groups is 2. The molecular weight excluding hydrogens is 354 g/mol. The summed E-state index contributed by atoms with van der Waals surface area (Å²) >= 11 is 0. The van der Waals surface area contributed by atoms with Crippen LogP contribution in [0.3, 0.4) is 0 Å². The van der Waals surface area contributed by atoms with E-state index >= 15 is 0 Å². The third-order valence-corrected chi connectivity index (χ3v) is 4.48. The van der Waals surface area contributed by atoms with Crippen molar-refractivity contribution in [2.45, 2.75) is 19.8 Å². The Kier molecular flexibility index (Phi) is 6.68. The number of benzene rings is 2. The molecule has 0 unspecified atom stereocenters. The zero-order chi connectivity index (χ0) is 19.8. The van der Waals surface area contributed by atoms with Gasteiger partial charge in [0.1, 0.15) is 0 Å². The largest absolute Gasteiger partial charge is 0.462 e. The van der Waals surface area contributed by atoms with Crippen LogP contribution >= 0.6 is 0 Å². The molecule has 0 fully saturated rings. The van der Waals surface area contributed by atoms with Crippen LogP contribution in [-0.4, -0.2) is 36.6 Å². The molecule has 0 spiro atoms. The van der Waals surface area contributed by atoms with Gasteiger partial charge in [-0.1, -0.05) is 30.3 Å². The number of aromatic nitrogens is 1. The molecule has 0 saturated carbocycles. The quantitative estimate of drug-likeness (QED) is 0.497. The van der Waals surface area contributed by atoms with Crippen LogP contribution in [0.5, 0.6) is 0 Å². The molecule has 0 atom stereocenters. The van der Waals surface area contributed by atoms with Crippen molar-refractivity contribution in [2.75, 3.05) is 25.0 Å².